The van der Waals surface area contributed by atoms with Gasteiger partial charge in [0.25, 0.3) is 0 Å². The van der Waals surface area contributed by atoms with E-state index in [1.807, 2.05) is 56.3 Å². The summed E-state index contributed by atoms with van der Waals surface area (Å²) < 4.78 is 41.6. The minimum Gasteiger partial charge on any atom is -0.354 e. The third-order valence-electron chi connectivity index (χ3n) is 10.7. The molecule has 4 bridgehead atoms. The summed E-state index contributed by atoms with van der Waals surface area (Å²) in [6, 6.07) is 22.1. The Kier molecular flexibility index (Phi) is 9.98. The Labute approximate surface area is 285 Å². The number of nitrogens with zero attached hydrogens (tertiary/aromatic N) is 2. The highest BCUT2D eigenvalue weighted by molar-refractivity contribution is 7.92. The zero-order valence-corrected chi connectivity index (χ0v) is 29.1. The van der Waals surface area contributed by atoms with Gasteiger partial charge in [0.1, 0.15) is 18.4 Å². The Morgan fingerprint density at radius 3 is 1.98 bits per heavy atom. The van der Waals surface area contributed by atoms with Crippen LogP contribution in [0.4, 0.5) is 10.1 Å². The molecule has 3 aromatic rings. The molecular formula is C39H48FN3O4S. The Morgan fingerprint density at radius 2 is 1.44 bits per heavy atom. The van der Waals surface area contributed by atoms with E-state index in [2.05, 4.69) is 17.4 Å². The number of halogens is 1. The molecular weight excluding hydrogens is 626 g/mol. The van der Waals surface area contributed by atoms with E-state index in [-0.39, 0.29) is 30.2 Å². The number of hydrogen-bond acceptors (Lipinski definition) is 4. The Morgan fingerprint density at radius 1 is 0.854 bits per heavy atom. The second-order valence-electron chi connectivity index (χ2n) is 15.0. The van der Waals surface area contributed by atoms with E-state index < -0.39 is 34.3 Å². The molecule has 3 aromatic carbocycles. The van der Waals surface area contributed by atoms with Gasteiger partial charge in [-0.05, 0) is 109 Å². The van der Waals surface area contributed by atoms with Gasteiger partial charge in [0.05, 0.1) is 11.9 Å². The van der Waals surface area contributed by atoms with Gasteiger partial charge in [0, 0.05) is 19.5 Å². The molecule has 0 aliphatic heterocycles. The van der Waals surface area contributed by atoms with Crippen molar-refractivity contribution in [3.8, 4) is 0 Å². The molecule has 9 heteroatoms. The Balaban J connectivity index is 1.30. The number of benzene rings is 3. The minimum atomic E-state index is -3.87. The number of nitrogens with one attached hydrogen (secondary N) is 1. The fourth-order valence-corrected chi connectivity index (χ4v) is 9.67. The summed E-state index contributed by atoms with van der Waals surface area (Å²) in [6.45, 7) is 3.95. The van der Waals surface area contributed by atoms with Crippen LogP contribution in [0.15, 0.2) is 78.9 Å². The van der Waals surface area contributed by atoms with E-state index in [9.17, 15) is 22.4 Å². The van der Waals surface area contributed by atoms with Crippen molar-refractivity contribution >= 4 is 27.5 Å². The quantitative estimate of drug-likeness (QED) is 0.225. The molecule has 1 N–H and O–H groups in total. The van der Waals surface area contributed by atoms with Crippen LogP contribution in [0.1, 0.15) is 69.1 Å². The third kappa shape index (κ3) is 7.77. The summed E-state index contributed by atoms with van der Waals surface area (Å²) in [5.41, 5.74) is 3.35. The average molecular weight is 674 g/mol. The summed E-state index contributed by atoms with van der Waals surface area (Å²) >= 11 is 0. The molecule has 4 saturated carbocycles. The number of anilines is 1. The maximum absolute atomic E-state index is 14.4. The second kappa shape index (κ2) is 14.0. The minimum absolute atomic E-state index is 0.00821. The predicted octanol–water partition coefficient (Wildman–Crippen LogP) is 6.47. The average Bonchev–Trinajstić information content (AvgIpc) is 3.04. The van der Waals surface area contributed by atoms with Gasteiger partial charge < -0.3 is 10.2 Å². The first-order valence-corrected chi connectivity index (χ1v) is 19.2. The van der Waals surface area contributed by atoms with E-state index in [0.29, 0.717) is 17.8 Å². The summed E-state index contributed by atoms with van der Waals surface area (Å²) in [6.07, 6.45) is 8.97. The predicted molar refractivity (Wildman–Crippen MR) is 187 cm³/mol. The van der Waals surface area contributed by atoms with Gasteiger partial charge in [-0.25, -0.2) is 12.8 Å². The first-order valence-electron chi connectivity index (χ1n) is 17.3. The first-order chi connectivity index (χ1) is 22.9. The van der Waals surface area contributed by atoms with Gasteiger partial charge in [-0.15, -0.1) is 0 Å². The van der Waals surface area contributed by atoms with Crippen molar-refractivity contribution in [2.24, 2.45) is 23.7 Å². The largest absolute Gasteiger partial charge is 0.354 e. The monoisotopic (exact) mass is 673 g/mol. The normalized spacial score (nSPS) is 23.6. The van der Waals surface area contributed by atoms with Crippen molar-refractivity contribution in [2.45, 2.75) is 76.8 Å². The highest BCUT2D eigenvalue weighted by atomic mass is 32.2. The van der Waals surface area contributed by atoms with Crippen LogP contribution >= 0.6 is 0 Å². The molecule has 2 amide bonds. The molecule has 4 aliphatic carbocycles. The molecule has 4 aliphatic rings. The van der Waals surface area contributed by atoms with Crippen molar-refractivity contribution in [3.63, 3.8) is 0 Å². The molecule has 0 radical (unpaired) electrons. The van der Waals surface area contributed by atoms with Crippen LogP contribution in [0.3, 0.4) is 0 Å². The van der Waals surface area contributed by atoms with E-state index in [1.54, 1.807) is 12.1 Å². The van der Waals surface area contributed by atoms with Crippen molar-refractivity contribution in [3.05, 3.63) is 101 Å². The lowest BCUT2D eigenvalue weighted by Crippen LogP contribution is -2.53. The summed E-state index contributed by atoms with van der Waals surface area (Å²) in [5, 5.41) is 2.98. The van der Waals surface area contributed by atoms with E-state index >= 15 is 0 Å². The molecule has 7 nitrogen and oxygen atoms in total. The summed E-state index contributed by atoms with van der Waals surface area (Å²) in [4.78, 5) is 29.6. The molecule has 0 aromatic heterocycles. The number of sulfonamides is 1. The lowest BCUT2D eigenvalue weighted by molar-refractivity contribution is -0.140. The van der Waals surface area contributed by atoms with Crippen LogP contribution < -0.4 is 9.62 Å². The number of amides is 2. The topological polar surface area (TPSA) is 86.8 Å². The van der Waals surface area contributed by atoms with Crippen molar-refractivity contribution in [2.75, 3.05) is 23.7 Å². The maximum Gasteiger partial charge on any atom is 0.244 e. The first kappa shape index (κ1) is 34.2. The molecule has 4 fully saturated rings. The van der Waals surface area contributed by atoms with Crippen LogP contribution in [0.25, 0.3) is 0 Å². The molecule has 0 saturated heterocycles. The van der Waals surface area contributed by atoms with Gasteiger partial charge in [0.2, 0.25) is 21.8 Å². The van der Waals surface area contributed by atoms with Crippen LogP contribution in [0, 0.1) is 29.5 Å². The SMILES string of the molecule is CC(C)CNC(=O)C(Cc1ccccc1)N(Cc1ccc(F)cc1)C(=O)CN(c1ccc(C23CC4CC(CC(C4)C2)C3)cc1)S(C)(=O)=O. The van der Waals surface area contributed by atoms with Crippen LogP contribution in [-0.4, -0.2) is 50.5 Å². The lowest BCUT2D eigenvalue weighted by Gasteiger charge is -2.57. The van der Waals surface area contributed by atoms with Crippen molar-refractivity contribution in [1.82, 2.24) is 10.2 Å². The summed E-state index contributed by atoms with van der Waals surface area (Å²) in [5.74, 6) is 1.30. The maximum atomic E-state index is 14.4. The molecule has 1 unspecified atom stereocenters. The molecule has 7 rings (SSSR count). The third-order valence-corrected chi connectivity index (χ3v) is 11.8. The highest BCUT2D eigenvalue weighted by Gasteiger charge is 2.51. The number of carbonyl (C=O) groups excluding carboxylic acids is 2. The molecule has 0 heterocycles. The molecule has 0 spiro atoms. The fraction of sp³-hybridized carbons (Fsp3) is 0.487. The van der Waals surface area contributed by atoms with E-state index in [4.69, 9.17) is 0 Å². The standard InChI is InChI=1S/C39H48FN3O4S/c1-27(2)24-41-38(45)36(20-28-7-5-4-6-8-28)42(25-29-9-13-34(40)14-10-29)37(44)26-43(48(3,46)47)35-15-11-33(12-16-35)39-21-30-17-31(22-39)19-32(18-30)23-39/h4-16,27,30-32,36H,17-26H2,1-3H3,(H,41,45). The van der Waals surface area contributed by atoms with Gasteiger partial charge in [0.15, 0.2) is 0 Å². The van der Waals surface area contributed by atoms with E-state index in [0.717, 1.165) is 33.9 Å². The Bertz CT molecular complexity index is 1660. The zero-order valence-electron chi connectivity index (χ0n) is 28.3. The smallest absolute Gasteiger partial charge is 0.244 e. The molecule has 256 valence electrons. The molecule has 1 atom stereocenters. The molecule has 48 heavy (non-hydrogen) atoms. The number of rotatable bonds is 13. The Hall–Kier alpha value is -3.72. The van der Waals surface area contributed by atoms with Crippen LogP contribution in [-0.2, 0) is 38.0 Å². The van der Waals surface area contributed by atoms with Crippen molar-refractivity contribution in [1.29, 1.82) is 0 Å². The summed E-state index contributed by atoms with van der Waals surface area (Å²) in [7, 11) is -3.87. The van der Waals surface area contributed by atoms with Gasteiger partial charge in [-0.2, -0.15) is 0 Å². The van der Waals surface area contributed by atoms with Crippen molar-refractivity contribution < 1.29 is 22.4 Å². The van der Waals surface area contributed by atoms with Crippen LogP contribution in [0.2, 0.25) is 0 Å². The van der Waals surface area contributed by atoms with Gasteiger partial charge in [-0.3, -0.25) is 13.9 Å². The highest BCUT2D eigenvalue weighted by Crippen LogP contribution is 2.60. The number of carbonyl (C=O) groups is 2. The van der Waals surface area contributed by atoms with Gasteiger partial charge in [-0.1, -0.05) is 68.4 Å². The zero-order chi connectivity index (χ0) is 34.1. The number of hydrogen-bond donors (Lipinski definition) is 1. The fourth-order valence-electron chi connectivity index (χ4n) is 8.82. The lowest BCUT2D eigenvalue weighted by atomic mass is 9.48. The second-order valence-corrected chi connectivity index (χ2v) is 16.9. The van der Waals surface area contributed by atoms with E-state index in [1.165, 1.54) is 61.1 Å². The van der Waals surface area contributed by atoms with Crippen LogP contribution in [0.5, 0.6) is 0 Å². The van der Waals surface area contributed by atoms with Gasteiger partial charge >= 0.3 is 0 Å².